The second-order valence-electron chi connectivity index (χ2n) is 4.52. The van der Waals surface area contributed by atoms with Crippen LogP contribution >= 0.6 is 11.6 Å². The van der Waals surface area contributed by atoms with Crippen LogP contribution in [0.1, 0.15) is 15.9 Å². The molecule has 0 unspecified atom stereocenters. The van der Waals surface area contributed by atoms with Crippen LogP contribution in [0.3, 0.4) is 0 Å². The molecule has 2 N–H and O–H groups in total. The molecule has 4 nitrogen and oxygen atoms in total. The molecule has 0 radical (unpaired) electrons. The topological polar surface area (TPSA) is 58.6 Å². The standard InChI is InChI=1S/C16H16ClNO3/c1-21-13-5-2-11(3-6-13)8-9-18-15-10-12(17)4-7-14(15)16(19)20/h2-7,10,18H,8-9H2,1H3,(H,19,20). The Morgan fingerprint density at radius 2 is 1.95 bits per heavy atom. The lowest BCUT2D eigenvalue weighted by Crippen LogP contribution is -2.09. The van der Waals surface area contributed by atoms with Gasteiger partial charge in [0, 0.05) is 11.6 Å². The number of aromatic carboxylic acids is 1. The molecule has 0 aliphatic carbocycles. The first kappa shape index (κ1) is 15.2. The van der Waals surface area contributed by atoms with Gasteiger partial charge in [-0.15, -0.1) is 0 Å². The summed E-state index contributed by atoms with van der Waals surface area (Å²) in [6.45, 7) is 0.618. The molecule has 0 fully saturated rings. The Kier molecular flexibility index (Phi) is 5.06. The van der Waals surface area contributed by atoms with E-state index in [2.05, 4.69) is 5.32 Å². The molecule has 110 valence electrons. The number of nitrogens with one attached hydrogen (secondary N) is 1. The molecule has 2 rings (SSSR count). The average Bonchev–Trinajstić information content (AvgIpc) is 2.48. The van der Waals surface area contributed by atoms with Gasteiger partial charge in [0.1, 0.15) is 5.75 Å². The molecule has 0 heterocycles. The molecule has 0 aliphatic rings. The van der Waals surface area contributed by atoms with Gasteiger partial charge in [0.25, 0.3) is 0 Å². The van der Waals surface area contributed by atoms with Crippen molar-refractivity contribution in [3.63, 3.8) is 0 Å². The third-order valence-electron chi connectivity index (χ3n) is 3.10. The highest BCUT2D eigenvalue weighted by Crippen LogP contribution is 2.21. The van der Waals surface area contributed by atoms with Crippen molar-refractivity contribution in [1.29, 1.82) is 0 Å². The number of carboxylic acids is 1. The van der Waals surface area contributed by atoms with Gasteiger partial charge in [0.15, 0.2) is 0 Å². The summed E-state index contributed by atoms with van der Waals surface area (Å²) in [5.74, 6) is -0.159. The highest BCUT2D eigenvalue weighted by atomic mass is 35.5. The highest BCUT2D eigenvalue weighted by molar-refractivity contribution is 6.31. The summed E-state index contributed by atoms with van der Waals surface area (Å²) in [6.07, 6.45) is 0.773. The lowest BCUT2D eigenvalue weighted by atomic mass is 10.1. The third-order valence-corrected chi connectivity index (χ3v) is 3.34. The number of carboxylic acid groups (broad SMARTS) is 1. The Bertz CT molecular complexity index is 626. The summed E-state index contributed by atoms with van der Waals surface area (Å²) >= 11 is 5.90. The van der Waals surface area contributed by atoms with Gasteiger partial charge in [-0.1, -0.05) is 23.7 Å². The monoisotopic (exact) mass is 305 g/mol. The van der Waals surface area contributed by atoms with Crippen molar-refractivity contribution in [1.82, 2.24) is 0 Å². The number of hydrogen-bond acceptors (Lipinski definition) is 3. The molecule has 5 heteroatoms. The second kappa shape index (κ2) is 6.99. The lowest BCUT2D eigenvalue weighted by Gasteiger charge is -2.10. The number of ether oxygens (including phenoxy) is 1. The number of benzene rings is 2. The minimum atomic E-state index is -0.974. The maximum absolute atomic E-state index is 11.1. The predicted molar refractivity (Wildman–Crippen MR) is 83.6 cm³/mol. The smallest absolute Gasteiger partial charge is 0.337 e. The van der Waals surface area contributed by atoms with Gasteiger partial charge < -0.3 is 15.2 Å². The van der Waals surface area contributed by atoms with E-state index in [1.165, 1.54) is 6.07 Å². The van der Waals surface area contributed by atoms with E-state index >= 15 is 0 Å². The molecule has 0 aromatic heterocycles. The van der Waals surface area contributed by atoms with Crippen molar-refractivity contribution in [3.05, 3.63) is 58.6 Å². The first-order valence-electron chi connectivity index (χ1n) is 6.50. The second-order valence-corrected chi connectivity index (χ2v) is 4.96. The van der Waals surface area contributed by atoms with Crippen LogP contribution < -0.4 is 10.1 Å². The Hall–Kier alpha value is -2.20. The maximum Gasteiger partial charge on any atom is 0.337 e. The van der Waals surface area contributed by atoms with Crippen molar-refractivity contribution < 1.29 is 14.6 Å². The number of rotatable bonds is 6. The molecule has 0 saturated carbocycles. The number of methoxy groups -OCH3 is 1. The van der Waals surface area contributed by atoms with Gasteiger partial charge in [0.05, 0.1) is 18.4 Å². The van der Waals surface area contributed by atoms with Crippen LogP contribution in [-0.4, -0.2) is 24.7 Å². The molecular formula is C16H16ClNO3. The largest absolute Gasteiger partial charge is 0.497 e. The van der Waals surface area contributed by atoms with Crippen LogP contribution in [0.4, 0.5) is 5.69 Å². The van der Waals surface area contributed by atoms with E-state index in [4.69, 9.17) is 21.4 Å². The first-order valence-corrected chi connectivity index (χ1v) is 6.87. The Morgan fingerprint density at radius 1 is 1.24 bits per heavy atom. The molecule has 0 atom stereocenters. The van der Waals surface area contributed by atoms with Crippen LogP contribution in [-0.2, 0) is 6.42 Å². The van der Waals surface area contributed by atoms with Gasteiger partial charge in [-0.3, -0.25) is 0 Å². The van der Waals surface area contributed by atoms with E-state index in [1.807, 2.05) is 24.3 Å². The van der Waals surface area contributed by atoms with Gasteiger partial charge in [-0.25, -0.2) is 4.79 Å². The van der Waals surface area contributed by atoms with E-state index in [0.29, 0.717) is 17.3 Å². The predicted octanol–water partition coefficient (Wildman–Crippen LogP) is 3.70. The summed E-state index contributed by atoms with van der Waals surface area (Å²) < 4.78 is 5.10. The van der Waals surface area contributed by atoms with Crippen molar-refractivity contribution in [2.75, 3.05) is 19.0 Å². The summed E-state index contributed by atoms with van der Waals surface area (Å²) in [5, 5.41) is 12.8. The fraction of sp³-hybridized carbons (Fsp3) is 0.188. The van der Waals surface area contributed by atoms with Crippen molar-refractivity contribution in [2.45, 2.75) is 6.42 Å². The Balaban J connectivity index is 1.99. The zero-order valence-corrected chi connectivity index (χ0v) is 12.4. The molecule has 2 aromatic carbocycles. The maximum atomic E-state index is 11.1. The molecule has 21 heavy (non-hydrogen) atoms. The van der Waals surface area contributed by atoms with Gasteiger partial charge in [0.2, 0.25) is 0 Å². The quantitative estimate of drug-likeness (QED) is 0.854. The van der Waals surface area contributed by atoms with Crippen LogP contribution in [0.5, 0.6) is 5.75 Å². The number of hydrogen-bond donors (Lipinski definition) is 2. The summed E-state index contributed by atoms with van der Waals surface area (Å²) in [5.41, 5.74) is 1.89. The van der Waals surface area contributed by atoms with E-state index < -0.39 is 5.97 Å². The van der Waals surface area contributed by atoms with E-state index in [9.17, 15) is 4.79 Å². The first-order chi connectivity index (χ1) is 10.1. The van der Waals surface area contributed by atoms with Crippen LogP contribution in [0.25, 0.3) is 0 Å². The van der Waals surface area contributed by atoms with Gasteiger partial charge in [-0.05, 0) is 42.3 Å². The molecule has 0 spiro atoms. The average molecular weight is 306 g/mol. The molecule has 0 aliphatic heterocycles. The minimum Gasteiger partial charge on any atom is -0.497 e. The zero-order valence-electron chi connectivity index (χ0n) is 11.6. The number of carbonyl (C=O) groups is 1. The summed E-state index contributed by atoms with van der Waals surface area (Å²) in [4.78, 5) is 11.1. The SMILES string of the molecule is COc1ccc(CCNc2cc(Cl)ccc2C(=O)O)cc1. The molecule has 0 amide bonds. The highest BCUT2D eigenvalue weighted by Gasteiger charge is 2.09. The molecule has 0 bridgehead atoms. The van der Waals surface area contributed by atoms with Crippen molar-refractivity contribution in [3.8, 4) is 5.75 Å². The zero-order chi connectivity index (χ0) is 15.2. The van der Waals surface area contributed by atoms with Crippen LogP contribution in [0, 0.1) is 0 Å². The van der Waals surface area contributed by atoms with Crippen LogP contribution in [0.2, 0.25) is 5.02 Å². The van der Waals surface area contributed by atoms with Gasteiger partial charge in [-0.2, -0.15) is 0 Å². The summed E-state index contributed by atoms with van der Waals surface area (Å²) in [6, 6.07) is 12.5. The van der Waals surface area contributed by atoms with E-state index in [0.717, 1.165) is 17.7 Å². The van der Waals surface area contributed by atoms with Crippen LogP contribution in [0.15, 0.2) is 42.5 Å². The summed E-state index contributed by atoms with van der Waals surface area (Å²) in [7, 11) is 1.63. The van der Waals surface area contributed by atoms with Crippen molar-refractivity contribution in [2.24, 2.45) is 0 Å². The fourth-order valence-corrected chi connectivity index (χ4v) is 2.16. The lowest BCUT2D eigenvalue weighted by molar-refractivity contribution is 0.0698. The van der Waals surface area contributed by atoms with E-state index in [1.54, 1.807) is 19.2 Å². The fourth-order valence-electron chi connectivity index (χ4n) is 1.98. The molecule has 2 aromatic rings. The van der Waals surface area contributed by atoms with Gasteiger partial charge >= 0.3 is 5.97 Å². The van der Waals surface area contributed by atoms with Crippen molar-refractivity contribution >= 4 is 23.3 Å². The van der Waals surface area contributed by atoms with E-state index in [-0.39, 0.29) is 5.56 Å². The molecule has 0 saturated heterocycles. The third kappa shape index (κ3) is 4.13. The number of halogens is 1. The minimum absolute atomic E-state index is 0.217. The normalized spacial score (nSPS) is 10.2. The molecular weight excluding hydrogens is 290 g/mol. The number of anilines is 1. The Labute approximate surface area is 128 Å². The Morgan fingerprint density at radius 3 is 2.57 bits per heavy atom.